The zero-order chi connectivity index (χ0) is 16.2. The number of sulfonamides is 1. The van der Waals surface area contributed by atoms with Crippen LogP contribution in [-0.2, 0) is 10.0 Å². The molecule has 0 aliphatic heterocycles. The third kappa shape index (κ3) is 3.77. The van der Waals surface area contributed by atoms with Crippen molar-refractivity contribution in [3.63, 3.8) is 0 Å². The molecule has 8 heteroatoms. The molecular weight excluding hydrogens is 294 g/mol. The molecular formula is C13H17N3O4S. The fourth-order valence-corrected chi connectivity index (χ4v) is 3.65. The Bertz CT molecular complexity index is 679. The molecule has 1 unspecified atom stereocenters. The van der Waals surface area contributed by atoms with Gasteiger partial charge in [0, 0.05) is 25.2 Å². The summed E-state index contributed by atoms with van der Waals surface area (Å²) in [6.45, 7) is 5.11. The summed E-state index contributed by atoms with van der Waals surface area (Å²) in [7, 11) is -3.87. The highest BCUT2D eigenvalue weighted by Crippen LogP contribution is 2.25. The number of benzene rings is 1. The molecule has 0 heterocycles. The van der Waals surface area contributed by atoms with Gasteiger partial charge in [-0.05, 0) is 19.4 Å². The summed E-state index contributed by atoms with van der Waals surface area (Å²) in [5.41, 5.74) is 0.159. The molecule has 21 heavy (non-hydrogen) atoms. The molecule has 0 fully saturated rings. The van der Waals surface area contributed by atoms with E-state index in [-0.39, 0.29) is 23.7 Å². The minimum atomic E-state index is -3.87. The molecule has 0 aliphatic rings. The Morgan fingerprint density at radius 3 is 2.57 bits per heavy atom. The van der Waals surface area contributed by atoms with Crippen molar-refractivity contribution in [3.05, 3.63) is 33.9 Å². The van der Waals surface area contributed by atoms with Gasteiger partial charge < -0.3 is 0 Å². The number of nitro benzene ring substituents is 1. The van der Waals surface area contributed by atoms with Gasteiger partial charge in [-0.25, -0.2) is 8.42 Å². The predicted molar refractivity (Wildman–Crippen MR) is 77.0 cm³/mol. The van der Waals surface area contributed by atoms with Gasteiger partial charge in [0.1, 0.15) is 0 Å². The fraction of sp³-hybridized carbons (Fsp3) is 0.462. The highest BCUT2D eigenvalue weighted by Gasteiger charge is 2.27. The first-order valence-electron chi connectivity index (χ1n) is 6.38. The maximum absolute atomic E-state index is 12.6. The first kappa shape index (κ1) is 17.1. The molecule has 1 atom stereocenters. The molecule has 0 bridgehead atoms. The van der Waals surface area contributed by atoms with Gasteiger partial charge in [-0.2, -0.15) is 9.57 Å². The van der Waals surface area contributed by atoms with Crippen molar-refractivity contribution in [2.75, 3.05) is 13.1 Å². The summed E-state index contributed by atoms with van der Waals surface area (Å²) in [5, 5.41) is 19.6. The van der Waals surface area contributed by atoms with Gasteiger partial charge in [-0.3, -0.25) is 10.1 Å². The number of non-ortho nitro benzene ring substituents is 1. The lowest BCUT2D eigenvalue weighted by Gasteiger charge is -2.22. The van der Waals surface area contributed by atoms with Gasteiger partial charge in [0.2, 0.25) is 10.0 Å². The van der Waals surface area contributed by atoms with Crippen LogP contribution in [0.3, 0.4) is 0 Å². The third-order valence-electron chi connectivity index (χ3n) is 3.05. The van der Waals surface area contributed by atoms with Crippen molar-refractivity contribution in [3.8, 4) is 6.07 Å². The second kappa shape index (κ2) is 6.65. The quantitative estimate of drug-likeness (QED) is 0.591. The molecule has 1 rings (SSSR count). The Hall–Kier alpha value is -1.98. The van der Waals surface area contributed by atoms with E-state index >= 15 is 0 Å². The topological polar surface area (TPSA) is 104 Å². The molecule has 7 nitrogen and oxygen atoms in total. The van der Waals surface area contributed by atoms with Crippen LogP contribution >= 0.6 is 0 Å². The SMILES string of the molecule is CCN(CC(C)C#N)S(=O)(=O)c1cc([N+](=O)[O-])ccc1C. The summed E-state index contributed by atoms with van der Waals surface area (Å²) >= 11 is 0. The average molecular weight is 311 g/mol. The number of hydrogen-bond donors (Lipinski definition) is 0. The Labute approximate surface area is 124 Å². The van der Waals surface area contributed by atoms with E-state index in [0.29, 0.717) is 5.56 Å². The molecule has 114 valence electrons. The molecule has 0 saturated heterocycles. The van der Waals surface area contributed by atoms with E-state index in [1.165, 1.54) is 12.1 Å². The van der Waals surface area contributed by atoms with E-state index in [2.05, 4.69) is 0 Å². The molecule has 1 aromatic rings. The van der Waals surface area contributed by atoms with Crippen molar-refractivity contribution < 1.29 is 13.3 Å². The lowest BCUT2D eigenvalue weighted by molar-refractivity contribution is -0.385. The molecule has 0 spiro atoms. The molecule has 1 aromatic carbocycles. The summed E-state index contributed by atoms with van der Waals surface area (Å²) in [6, 6.07) is 5.72. The van der Waals surface area contributed by atoms with Gasteiger partial charge in [-0.1, -0.05) is 13.0 Å². The van der Waals surface area contributed by atoms with Crippen LogP contribution in [0.2, 0.25) is 0 Å². The van der Waals surface area contributed by atoms with Crippen molar-refractivity contribution in [1.29, 1.82) is 5.26 Å². The van der Waals surface area contributed by atoms with Crippen molar-refractivity contribution in [1.82, 2.24) is 4.31 Å². The van der Waals surface area contributed by atoms with Crippen LogP contribution in [0.5, 0.6) is 0 Å². The second-order valence-corrected chi connectivity index (χ2v) is 6.60. The average Bonchev–Trinajstić information content (AvgIpc) is 2.44. The standard InChI is InChI=1S/C13H17N3O4S/c1-4-15(9-10(2)8-14)21(19,20)13-7-12(16(17)18)6-5-11(13)3/h5-7,10H,4,9H2,1-3H3. The van der Waals surface area contributed by atoms with Gasteiger partial charge in [-0.15, -0.1) is 0 Å². The first-order valence-corrected chi connectivity index (χ1v) is 7.82. The molecule has 0 saturated carbocycles. The highest BCUT2D eigenvalue weighted by atomic mass is 32.2. The molecule has 0 N–H and O–H groups in total. The fourth-order valence-electron chi connectivity index (χ4n) is 1.86. The Morgan fingerprint density at radius 1 is 1.48 bits per heavy atom. The first-order chi connectivity index (χ1) is 9.73. The zero-order valence-electron chi connectivity index (χ0n) is 12.1. The Kier molecular flexibility index (Phi) is 5.41. The van der Waals surface area contributed by atoms with Crippen LogP contribution in [-0.4, -0.2) is 30.7 Å². The Morgan fingerprint density at radius 2 is 2.10 bits per heavy atom. The number of nitrogens with zero attached hydrogens (tertiary/aromatic N) is 3. The number of nitro groups is 1. The van der Waals surface area contributed by atoms with Crippen LogP contribution in [0.1, 0.15) is 19.4 Å². The summed E-state index contributed by atoms with van der Waals surface area (Å²) in [5.74, 6) is -0.460. The number of hydrogen-bond acceptors (Lipinski definition) is 5. The van der Waals surface area contributed by atoms with Gasteiger partial charge >= 0.3 is 0 Å². The smallest absolute Gasteiger partial charge is 0.258 e. The van der Waals surface area contributed by atoms with Crippen LogP contribution in [0.15, 0.2) is 23.1 Å². The van der Waals surface area contributed by atoms with Crippen LogP contribution in [0.25, 0.3) is 0 Å². The number of nitriles is 1. The van der Waals surface area contributed by atoms with Crippen LogP contribution in [0, 0.1) is 34.3 Å². The number of rotatable bonds is 6. The normalized spacial score (nSPS) is 12.9. The van der Waals surface area contributed by atoms with Crippen molar-refractivity contribution in [2.24, 2.45) is 5.92 Å². The van der Waals surface area contributed by atoms with Gasteiger partial charge in [0.25, 0.3) is 5.69 Å². The van der Waals surface area contributed by atoms with E-state index in [4.69, 9.17) is 5.26 Å². The van der Waals surface area contributed by atoms with E-state index in [9.17, 15) is 18.5 Å². The third-order valence-corrected chi connectivity index (χ3v) is 5.13. The summed E-state index contributed by atoms with van der Waals surface area (Å²) in [6.07, 6.45) is 0. The van der Waals surface area contributed by atoms with Crippen LogP contribution in [0.4, 0.5) is 5.69 Å². The highest BCUT2D eigenvalue weighted by molar-refractivity contribution is 7.89. The number of aryl methyl sites for hydroxylation is 1. The van der Waals surface area contributed by atoms with Gasteiger partial charge in [0.15, 0.2) is 0 Å². The van der Waals surface area contributed by atoms with Crippen LogP contribution < -0.4 is 0 Å². The van der Waals surface area contributed by atoms with Crippen molar-refractivity contribution >= 4 is 15.7 Å². The lowest BCUT2D eigenvalue weighted by atomic mass is 10.2. The van der Waals surface area contributed by atoms with E-state index in [1.807, 2.05) is 6.07 Å². The largest absolute Gasteiger partial charge is 0.270 e. The Balaban J connectivity index is 3.32. The molecule has 0 amide bonds. The van der Waals surface area contributed by atoms with Crippen molar-refractivity contribution in [2.45, 2.75) is 25.7 Å². The lowest BCUT2D eigenvalue weighted by Crippen LogP contribution is -2.34. The maximum Gasteiger partial charge on any atom is 0.270 e. The predicted octanol–water partition coefficient (Wildman–Crippen LogP) is 2.07. The molecule has 0 aliphatic carbocycles. The second-order valence-electron chi connectivity index (χ2n) is 4.69. The summed E-state index contributed by atoms with van der Waals surface area (Å²) < 4.78 is 26.4. The molecule has 0 aromatic heterocycles. The van der Waals surface area contributed by atoms with E-state index in [1.54, 1.807) is 20.8 Å². The summed E-state index contributed by atoms with van der Waals surface area (Å²) in [4.78, 5) is 10.1. The monoisotopic (exact) mass is 311 g/mol. The minimum absolute atomic E-state index is 0.0530. The van der Waals surface area contributed by atoms with Gasteiger partial charge in [0.05, 0.1) is 21.8 Å². The molecule has 0 radical (unpaired) electrons. The van der Waals surface area contributed by atoms with E-state index in [0.717, 1.165) is 10.4 Å². The van der Waals surface area contributed by atoms with E-state index < -0.39 is 20.9 Å². The minimum Gasteiger partial charge on any atom is -0.258 e. The maximum atomic E-state index is 12.6. The zero-order valence-corrected chi connectivity index (χ0v) is 12.9.